The van der Waals surface area contributed by atoms with Crippen molar-refractivity contribution in [1.29, 1.82) is 0 Å². The zero-order valence-corrected chi connectivity index (χ0v) is 13.1. The first kappa shape index (κ1) is 16.0. The van der Waals surface area contributed by atoms with Crippen molar-refractivity contribution in [2.45, 2.75) is 18.4 Å². The second kappa shape index (κ2) is 7.57. The number of aliphatic hydroxyl groups excluding tert-OH is 1. The van der Waals surface area contributed by atoms with Gasteiger partial charge in [0, 0.05) is 13.1 Å². The van der Waals surface area contributed by atoms with Crippen molar-refractivity contribution in [1.82, 2.24) is 4.90 Å². The van der Waals surface area contributed by atoms with E-state index in [9.17, 15) is 9.50 Å². The van der Waals surface area contributed by atoms with Gasteiger partial charge in [0.1, 0.15) is 24.3 Å². The molecule has 4 heteroatoms. The fraction of sp³-hybridized carbons (Fsp3) is 0.368. The number of β-amino-alcohol motifs (C(OH)–C–C–N with tert-alkyl or cyclic N) is 1. The lowest BCUT2D eigenvalue weighted by atomic mass is 9.99. The Balaban J connectivity index is 1.44. The minimum Gasteiger partial charge on any atom is -0.491 e. The number of benzene rings is 2. The quantitative estimate of drug-likeness (QED) is 0.889. The summed E-state index contributed by atoms with van der Waals surface area (Å²) in [5.41, 5.74) is 1.37. The Morgan fingerprint density at radius 2 is 1.87 bits per heavy atom. The fourth-order valence-electron chi connectivity index (χ4n) is 3.07. The monoisotopic (exact) mass is 315 g/mol. The van der Waals surface area contributed by atoms with Crippen molar-refractivity contribution in [2.75, 3.05) is 26.2 Å². The molecule has 3 nitrogen and oxygen atoms in total. The molecule has 2 atom stereocenters. The van der Waals surface area contributed by atoms with E-state index in [1.807, 2.05) is 6.07 Å². The number of hydrogen-bond donors (Lipinski definition) is 1. The number of nitrogens with zero attached hydrogens (tertiary/aromatic N) is 1. The third-order valence-electron chi connectivity index (χ3n) is 4.27. The molecule has 0 bridgehead atoms. The Hall–Kier alpha value is -1.91. The van der Waals surface area contributed by atoms with Gasteiger partial charge < -0.3 is 14.7 Å². The Labute approximate surface area is 136 Å². The van der Waals surface area contributed by atoms with Crippen LogP contribution in [0.15, 0.2) is 54.6 Å². The third kappa shape index (κ3) is 4.53. The minimum atomic E-state index is -0.547. The van der Waals surface area contributed by atoms with Crippen molar-refractivity contribution in [3.05, 3.63) is 66.0 Å². The van der Waals surface area contributed by atoms with Crippen LogP contribution in [0.5, 0.6) is 5.75 Å². The smallest absolute Gasteiger partial charge is 0.123 e. The molecule has 2 aromatic rings. The molecule has 122 valence electrons. The van der Waals surface area contributed by atoms with E-state index in [0.29, 0.717) is 18.2 Å². The molecule has 1 aliphatic rings. The highest BCUT2D eigenvalue weighted by molar-refractivity contribution is 5.22. The highest BCUT2D eigenvalue weighted by Gasteiger charge is 2.25. The van der Waals surface area contributed by atoms with Gasteiger partial charge in [-0.1, -0.05) is 30.3 Å². The second-order valence-electron chi connectivity index (χ2n) is 6.07. The first-order valence-electron chi connectivity index (χ1n) is 8.04. The summed E-state index contributed by atoms with van der Waals surface area (Å²) >= 11 is 0. The summed E-state index contributed by atoms with van der Waals surface area (Å²) in [7, 11) is 0. The predicted molar refractivity (Wildman–Crippen MR) is 88.1 cm³/mol. The molecule has 2 aromatic carbocycles. The predicted octanol–water partition coefficient (Wildman–Crippen LogP) is 3.05. The van der Waals surface area contributed by atoms with Gasteiger partial charge in [0.2, 0.25) is 0 Å². The van der Waals surface area contributed by atoms with Gasteiger partial charge in [0.15, 0.2) is 0 Å². The van der Waals surface area contributed by atoms with Crippen LogP contribution in [-0.4, -0.2) is 42.4 Å². The number of hydrogen-bond acceptors (Lipinski definition) is 3. The normalized spacial score (nSPS) is 19.7. The molecule has 1 heterocycles. The second-order valence-corrected chi connectivity index (χ2v) is 6.07. The molecular weight excluding hydrogens is 293 g/mol. The average molecular weight is 315 g/mol. The van der Waals surface area contributed by atoms with Crippen molar-refractivity contribution < 1.29 is 14.2 Å². The molecule has 0 saturated carbocycles. The van der Waals surface area contributed by atoms with Gasteiger partial charge in [-0.2, -0.15) is 0 Å². The van der Waals surface area contributed by atoms with Crippen LogP contribution in [0.4, 0.5) is 4.39 Å². The van der Waals surface area contributed by atoms with E-state index < -0.39 is 6.10 Å². The molecule has 1 aliphatic heterocycles. The van der Waals surface area contributed by atoms with Crippen LogP contribution in [0.1, 0.15) is 17.9 Å². The minimum absolute atomic E-state index is 0.220. The number of rotatable bonds is 6. The zero-order chi connectivity index (χ0) is 16.1. The molecule has 0 aromatic heterocycles. The maximum atomic E-state index is 12.8. The topological polar surface area (TPSA) is 32.7 Å². The first-order chi connectivity index (χ1) is 11.2. The maximum absolute atomic E-state index is 12.8. The molecule has 3 rings (SSSR count). The van der Waals surface area contributed by atoms with Gasteiger partial charge in [-0.05, 0) is 48.7 Å². The molecule has 1 saturated heterocycles. The lowest BCUT2D eigenvalue weighted by Crippen LogP contribution is -2.34. The summed E-state index contributed by atoms with van der Waals surface area (Å²) in [6.45, 7) is 2.79. The van der Waals surface area contributed by atoms with E-state index in [0.717, 1.165) is 19.5 Å². The van der Waals surface area contributed by atoms with E-state index in [4.69, 9.17) is 4.74 Å². The van der Waals surface area contributed by atoms with E-state index in [-0.39, 0.29) is 12.4 Å². The van der Waals surface area contributed by atoms with E-state index >= 15 is 0 Å². The Morgan fingerprint density at radius 1 is 1.13 bits per heavy atom. The summed E-state index contributed by atoms with van der Waals surface area (Å²) in [4.78, 5) is 2.27. The van der Waals surface area contributed by atoms with Crippen LogP contribution >= 0.6 is 0 Å². The standard InChI is InChI=1S/C19H22FNO2/c20-17-6-8-19(9-7-17)23-14-18(22)13-21-11-10-16(12-21)15-4-2-1-3-5-15/h1-9,16,18,22H,10-14H2/t16-,18-/m0/s1. The number of likely N-dealkylation sites (tertiary alicyclic amines) is 1. The lowest BCUT2D eigenvalue weighted by Gasteiger charge is -2.20. The highest BCUT2D eigenvalue weighted by Crippen LogP contribution is 2.26. The van der Waals surface area contributed by atoms with Crippen molar-refractivity contribution in [3.8, 4) is 5.75 Å². The highest BCUT2D eigenvalue weighted by atomic mass is 19.1. The maximum Gasteiger partial charge on any atom is 0.123 e. The van der Waals surface area contributed by atoms with Crippen LogP contribution in [0.2, 0.25) is 0 Å². The van der Waals surface area contributed by atoms with Gasteiger partial charge in [-0.3, -0.25) is 0 Å². The SMILES string of the molecule is O[C@H](COc1ccc(F)cc1)CN1CC[C@H](c2ccccc2)C1. The average Bonchev–Trinajstić information content (AvgIpc) is 3.04. The number of aliphatic hydroxyl groups is 1. The summed E-state index contributed by atoms with van der Waals surface area (Å²) in [5.74, 6) is 0.831. The van der Waals surface area contributed by atoms with Crippen LogP contribution < -0.4 is 4.74 Å². The molecule has 0 aliphatic carbocycles. The van der Waals surface area contributed by atoms with Gasteiger partial charge in [0.25, 0.3) is 0 Å². The van der Waals surface area contributed by atoms with Crippen molar-refractivity contribution >= 4 is 0 Å². The van der Waals surface area contributed by atoms with Gasteiger partial charge >= 0.3 is 0 Å². The zero-order valence-electron chi connectivity index (χ0n) is 13.1. The van der Waals surface area contributed by atoms with Crippen LogP contribution in [-0.2, 0) is 0 Å². The third-order valence-corrected chi connectivity index (χ3v) is 4.27. The number of ether oxygens (including phenoxy) is 1. The molecule has 0 amide bonds. The van der Waals surface area contributed by atoms with E-state index in [2.05, 4.69) is 29.2 Å². The number of halogens is 1. The first-order valence-corrected chi connectivity index (χ1v) is 8.04. The van der Waals surface area contributed by atoms with Crippen molar-refractivity contribution in [2.24, 2.45) is 0 Å². The largest absolute Gasteiger partial charge is 0.491 e. The van der Waals surface area contributed by atoms with E-state index in [1.165, 1.54) is 17.7 Å². The van der Waals surface area contributed by atoms with Crippen LogP contribution in [0, 0.1) is 5.82 Å². The van der Waals surface area contributed by atoms with Gasteiger partial charge in [0.05, 0.1) is 0 Å². The molecule has 1 N–H and O–H groups in total. The summed E-state index contributed by atoms with van der Waals surface area (Å²) in [6, 6.07) is 16.4. The molecule has 0 spiro atoms. The summed E-state index contributed by atoms with van der Waals surface area (Å²) in [6.07, 6.45) is 0.574. The molecule has 0 radical (unpaired) electrons. The lowest BCUT2D eigenvalue weighted by molar-refractivity contribution is 0.0754. The molecule has 1 fully saturated rings. The van der Waals surface area contributed by atoms with Crippen LogP contribution in [0.25, 0.3) is 0 Å². The molecule has 23 heavy (non-hydrogen) atoms. The fourth-order valence-corrected chi connectivity index (χ4v) is 3.07. The Morgan fingerprint density at radius 3 is 2.61 bits per heavy atom. The van der Waals surface area contributed by atoms with Gasteiger partial charge in [-0.25, -0.2) is 4.39 Å². The van der Waals surface area contributed by atoms with Crippen LogP contribution in [0.3, 0.4) is 0 Å². The molecule has 0 unspecified atom stereocenters. The Kier molecular flexibility index (Phi) is 5.26. The van der Waals surface area contributed by atoms with E-state index in [1.54, 1.807) is 12.1 Å². The van der Waals surface area contributed by atoms with Crippen molar-refractivity contribution in [3.63, 3.8) is 0 Å². The Bertz CT molecular complexity index is 603. The summed E-state index contributed by atoms with van der Waals surface area (Å²) in [5, 5.41) is 10.1. The molecular formula is C19H22FNO2. The van der Waals surface area contributed by atoms with Gasteiger partial charge in [-0.15, -0.1) is 0 Å². The summed E-state index contributed by atoms with van der Waals surface area (Å²) < 4.78 is 18.3.